The van der Waals surface area contributed by atoms with E-state index in [9.17, 15) is 9.59 Å². The lowest BCUT2D eigenvalue weighted by atomic mass is 10.1. The molecule has 27 heavy (non-hydrogen) atoms. The number of amides is 1. The van der Waals surface area contributed by atoms with E-state index in [1.807, 2.05) is 6.07 Å². The fourth-order valence-electron chi connectivity index (χ4n) is 2.51. The van der Waals surface area contributed by atoms with E-state index in [4.69, 9.17) is 18.9 Å². The quantitative estimate of drug-likeness (QED) is 0.681. The average Bonchev–Trinajstić information content (AvgIpc) is 2.71. The van der Waals surface area contributed by atoms with Crippen LogP contribution in [0.5, 0.6) is 23.0 Å². The van der Waals surface area contributed by atoms with E-state index in [-0.39, 0.29) is 6.42 Å². The van der Waals surface area contributed by atoms with Gasteiger partial charge in [-0.3, -0.25) is 9.59 Å². The molecule has 7 heteroatoms. The molecule has 144 valence electrons. The number of rotatable bonds is 9. The number of methoxy groups -OCH3 is 4. The van der Waals surface area contributed by atoms with Crippen molar-refractivity contribution in [2.24, 2.45) is 0 Å². The number of Topliss-reactive ketones (excluding diaryl/α,β-unsaturated/α-hetero) is 1. The van der Waals surface area contributed by atoms with Crippen molar-refractivity contribution in [1.29, 1.82) is 0 Å². The topological polar surface area (TPSA) is 83.1 Å². The minimum absolute atomic E-state index is 0.0486. The highest BCUT2D eigenvalue weighted by Gasteiger charge is 2.17. The van der Waals surface area contributed by atoms with Crippen LogP contribution in [0.4, 0.5) is 5.69 Å². The molecule has 0 unspecified atom stereocenters. The van der Waals surface area contributed by atoms with E-state index in [1.54, 1.807) is 44.6 Å². The molecule has 7 nitrogen and oxygen atoms in total. The summed E-state index contributed by atoms with van der Waals surface area (Å²) in [7, 11) is 6.12. The van der Waals surface area contributed by atoms with Crippen molar-refractivity contribution in [3.63, 3.8) is 0 Å². The molecule has 1 amide bonds. The number of aryl methyl sites for hydroxylation is 1. The zero-order chi connectivity index (χ0) is 19.8. The van der Waals surface area contributed by atoms with Crippen LogP contribution in [-0.4, -0.2) is 40.1 Å². The van der Waals surface area contributed by atoms with Crippen molar-refractivity contribution in [3.8, 4) is 23.0 Å². The molecule has 2 aromatic carbocycles. The summed E-state index contributed by atoms with van der Waals surface area (Å²) in [6.07, 6.45) is 0.423. The van der Waals surface area contributed by atoms with E-state index in [2.05, 4.69) is 5.32 Å². The number of anilines is 1. The van der Waals surface area contributed by atoms with Gasteiger partial charge >= 0.3 is 0 Å². The lowest BCUT2D eigenvalue weighted by molar-refractivity contribution is -0.134. The van der Waals surface area contributed by atoms with Gasteiger partial charge in [0.15, 0.2) is 0 Å². The Morgan fingerprint density at radius 1 is 0.815 bits per heavy atom. The van der Waals surface area contributed by atoms with Gasteiger partial charge in [-0.15, -0.1) is 0 Å². The average molecular weight is 373 g/mol. The summed E-state index contributed by atoms with van der Waals surface area (Å²) in [5.74, 6) is 1.03. The van der Waals surface area contributed by atoms with Crippen LogP contribution >= 0.6 is 0 Å². The van der Waals surface area contributed by atoms with Crippen LogP contribution in [0.15, 0.2) is 36.4 Å². The van der Waals surface area contributed by atoms with Crippen molar-refractivity contribution in [3.05, 3.63) is 42.0 Å². The SMILES string of the molecule is COc1ccc(CCC(=O)C(=O)Nc2ccc(OC)cc2OC)c(OC)c1. The maximum absolute atomic E-state index is 12.2. The van der Waals surface area contributed by atoms with E-state index < -0.39 is 11.7 Å². The molecule has 0 aliphatic carbocycles. The standard InChI is InChI=1S/C20H23NO6/c1-24-14-7-5-13(18(11-14)26-3)6-10-17(22)20(23)21-16-9-8-15(25-2)12-19(16)27-4/h5,7-9,11-12H,6,10H2,1-4H3,(H,21,23). The Labute approximate surface area is 158 Å². The minimum atomic E-state index is -0.703. The number of carbonyl (C=O) groups is 2. The second kappa shape index (κ2) is 9.47. The highest BCUT2D eigenvalue weighted by molar-refractivity contribution is 6.40. The monoisotopic (exact) mass is 373 g/mol. The molecular formula is C20H23NO6. The molecule has 0 aromatic heterocycles. The molecule has 1 N–H and O–H groups in total. The van der Waals surface area contributed by atoms with Gasteiger partial charge in [0.25, 0.3) is 5.91 Å². The Kier molecular flexibility index (Phi) is 7.05. The van der Waals surface area contributed by atoms with Crippen LogP contribution in [0, 0.1) is 0 Å². The molecule has 2 rings (SSSR count). The first-order valence-electron chi connectivity index (χ1n) is 8.29. The van der Waals surface area contributed by atoms with Crippen molar-refractivity contribution in [2.45, 2.75) is 12.8 Å². The van der Waals surface area contributed by atoms with Crippen LogP contribution in [0.2, 0.25) is 0 Å². The van der Waals surface area contributed by atoms with Gasteiger partial charge in [0, 0.05) is 18.6 Å². The zero-order valence-corrected chi connectivity index (χ0v) is 15.8. The van der Waals surface area contributed by atoms with Crippen LogP contribution in [-0.2, 0) is 16.0 Å². The highest BCUT2D eigenvalue weighted by atomic mass is 16.5. The number of carbonyl (C=O) groups excluding carboxylic acids is 2. The Morgan fingerprint density at radius 2 is 1.41 bits per heavy atom. The number of hydrogen-bond donors (Lipinski definition) is 1. The van der Waals surface area contributed by atoms with E-state index >= 15 is 0 Å². The van der Waals surface area contributed by atoms with Crippen molar-refractivity contribution >= 4 is 17.4 Å². The third-order valence-electron chi connectivity index (χ3n) is 4.03. The molecule has 0 aliphatic heterocycles. The largest absolute Gasteiger partial charge is 0.497 e. The Morgan fingerprint density at radius 3 is 2.00 bits per heavy atom. The summed E-state index contributed by atoms with van der Waals surface area (Å²) in [4.78, 5) is 24.4. The van der Waals surface area contributed by atoms with Gasteiger partial charge in [0.2, 0.25) is 5.78 Å². The van der Waals surface area contributed by atoms with Gasteiger partial charge in [-0.25, -0.2) is 0 Å². The summed E-state index contributed by atoms with van der Waals surface area (Å²) >= 11 is 0. The predicted molar refractivity (Wildman–Crippen MR) is 101 cm³/mol. The van der Waals surface area contributed by atoms with Crippen molar-refractivity contribution in [1.82, 2.24) is 0 Å². The number of hydrogen-bond acceptors (Lipinski definition) is 6. The van der Waals surface area contributed by atoms with Crippen molar-refractivity contribution < 1.29 is 28.5 Å². The van der Waals surface area contributed by atoms with Crippen LogP contribution < -0.4 is 24.3 Å². The summed E-state index contributed by atoms with van der Waals surface area (Å²) in [5, 5.41) is 2.58. The summed E-state index contributed by atoms with van der Waals surface area (Å²) in [6, 6.07) is 10.3. The smallest absolute Gasteiger partial charge is 0.291 e. The number of ketones is 1. The Hall–Kier alpha value is -3.22. The lowest BCUT2D eigenvalue weighted by Crippen LogP contribution is -2.23. The van der Waals surface area contributed by atoms with Gasteiger partial charge in [0.05, 0.1) is 34.1 Å². The fraction of sp³-hybridized carbons (Fsp3) is 0.300. The number of ether oxygens (including phenoxy) is 4. The normalized spacial score (nSPS) is 10.1. The molecule has 0 aliphatic rings. The maximum atomic E-state index is 12.2. The molecule has 0 fully saturated rings. The number of benzene rings is 2. The van der Waals surface area contributed by atoms with Crippen LogP contribution in [0.1, 0.15) is 12.0 Å². The molecule has 0 spiro atoms. The van der Waals surface area contributed by atoms with E-state index in [0.717, 1.165) is 5.56 Å². The molecule has 0 heterocycles. The second-order valence-electron chi connectivity index (χ2n) is 5.62. The third kappa shape index (κ3) is 5.13. The van der Waals surface area contributed by atoms with E-state index in [1.165, 1.54) is 14.2 Å². The van der Waals surface area contributed by atoms with Gasteiger partial charge < -0.3 is 24.3 Å². The fourth-order valence-corrected chi connectivity index (χ4v) is 2.51. The van der Waals surface area contributed by atoms with Gasteiger partial charge in [-0.1, -0.05) is 6.07 Å². The molecule has 0 bridgehead atoms. The third-order valence-corrected chi connectivity index (χ3v) is 4.03. The predicted octanol–water partition coefficient (Wildman–Crippen LogP) is 2.86. The highest BCUT2D eigenvalue weighted by Crippen LogP contribution is 2.29. The summed E-state index contributed by atoms with van der Waals surface area (Å²) in [6.45, 7) is 0. The van der Waals surface area contributed by atoms with Crippen molar-refractivity contribution in [2.75, 3.05) is 33.8 Å². The Bertz CT molecular complexity index is 818. The number of nitrogens with one attached hydrogen (secondary N) is 1. The first kappa shape index (κ1) is 20.1. The molecule has 0 radical (unpaired) electrons. The van der Waals surface area contributed by atoms with Gasteiger partial charge in [-0.05, 0) is 30.2 Å². The lowest BCUT2D eigenvalue weighted by Gasteiger charge is -2.12. The molecule has 0 saturated heterocycles. The minimum Gasteiger partial charge on any atom is -0.497 e. The Balaban J connectivity index is 2.01. The summed E-state index contributed by atoms with van der Waals surface area (Å²) in [5.41, 5.74) is 1.22. The zero-order valence-electron chi connectivity index (χ0n) is 15.8. The van der Waals surface area contributed by atoms with Crippen LogP contribution in [0.25, 0.3) is 0 Å². The molecule has 2 aromatic rings. The molecule has 0 saturated carbocycles. The first-order valence-corrected chi connectivity index (χ1v) is 8.29. The second-order valence-corrected chi connectivity index (χ2v) is 5.62. The van der Waals surface area contributed by atoms with Gasteiger partial charge in [-0.2, -0.15) is 0 Å². The maximum Gasteiger partial charge on any atom is 0.291 e. The van der Waals surface area contributed by atoms with Gasteiger partial charge in [0.1, 0.15) is 23.0 Å². The molecule has 0 atom stereocenters. The van der Waals surface area contributed by atoms with Crippen LogP contribution in [0.3, 0.4) is 0 Å². The molecular weight excluding hydrogens is 350 g/mol. The van der Waals surface area contributed by atoms with E-state index in [0.29, 0.717) is 35.1 Å². The summed E-state index contributed by atoms with van der Waals surface area (Å²) < 4.78 is 20.8. The first-order chi connectivity index (χ1) is 13.0.